The van der Waals surface area contributed by atoms with E-state index in [4.69, 9.17) is 22.1 Å². The number of methoxy groups -OCH3 is 1. The number of ether oxygens (including phenoxy) is 1. The maximum Gasteiger partial charge on any atom is 0.165 e. The number of rotatable bonds is 3. The largest absolute Gasteiger partial charge is 0.494 e. The summed E-state index contributed by atoms with van der Waals surface area (Å²) in [4.78, 5) is 0. The zero-order chi connectivity index (χ0) is 13.1. The topological polar surface area (TPSA) is 35.2 Å². The monoisotopic (exact) mass is 265 g/mol. The lowest BCUT2D eigenvalue weighted by Gasteiger charge is -2.15. The Balaban J connectivity index is 2.40. The summed E-state index contributed by atoms with van der Waals surface area (Å²) in [6, 6.07) is 11.5. The summed E-state index contributed by atoms with van der Waals surface area (Å²) >= 11 is 6.09. The van der Waals surface area contributed by atoms with Crippen molar-refractivity contribution in [1.29, 1.82) is 0 Å². The summed E-state index contributed by atoms with van der Waals surface area (Å²) < 4.78 is 18.3. The van der Waals surface area contributed by atoms with Crippen molar-refractivity contribution in [2.75, 3.05) is 7.11 Å². The first-order chi connectivity index (χ1) is 8.63. The molecule has 2 aromatic rings. The molecule has 0 amide bonds. The third kappa shape index (κ3) is 2.47. The minimum atomic E-state index is -0.410. The molecule has 4 heteroatoms. The standard InChI is InChI=1S/C14H13ClFNO/c1-18-13-8-9(6-7-12(13)16)14(17)10-4-2-3-5-11(10)15/h2-8,14H,17H2,1H3. The van der Waals surface area contributed by atoms with Crippen molar-refractivity contribution >= 4 is 11.6 Å². The van der Waals surface area contributed by atoms with Crippen molar-refractivity contribution in [2.24, 2.45) is 5.73 Å². The number of halogens is 2. The van der Waals surface area contributed by atoms with Crippen LogP contribution in [0.3, 0.4) is 0 Å². The van der Waals surface area contributed by atoms with Gasteiger partial charge in [0.15, 0.2) is 11.6 Å². The highest BCUT2D eigenvalue weighted by Gasteiger charge is 2.14. The van der Waals surface area contributed by atoms with E-state index in [1.807, 2.05) is 18.2 Å². The van der Waals surface area contributed by atoms with Crippen LogP contribution in [0, 0.1) is 5.82 Å². The minimum absolute atomic E-state index is 0.176. The molecule has 18 heavy (non-hydrogen) atoms. The van der Waals surface area contributed by atoms with Crippen molar-refractivity contribution in [1.82, 2.24) is 0 Å². The molecule has 0 heterocycles. The first-order valence-corrected chi connectivity index (χ1v) is 5.84. The maximum absolute atomic E-state index is 13.3. The molecule has 2 N–H and O–H groups in total. The van der Waals surface area contributed by atoms with Crippen LogP contribution in [0.15, 0.2) is 42.5 Å². The second-order valence-electron chi connectivity index (χ2n) is 3.89. The van der Waals surface area contributed by atoms with E-state index in [2.05, 4.69) is 0 Å². The minimum Gasteiger partial charge on any atom is -0.494 e. The fraction of sp³-hybridized carbons (Fsp3) is 0.143. The fourth-order valence-electron chi connectivity index (χ4n) is 1.78. The van der Waals surface area contributed by atoms with Crippen LogP contribution < -0.4 is 10.5 Å². The van der Waals surface area contributed by atoms with Gasteiger partial charge in [-0.1, -0.05) is 35.9 Å². The van der Waals surface area contributed by atoms with Gasteiger partial charge in [0.2, 0.25) is 0 Å². The van der Waals surface area contributed by atoms with Gasteiger partial charge in [-0.05, 0) is 29.3 Å². The van der Waals surface area contributed by atoms with Crippen LogP contribution in [-0.2, 0) is 0 Å². The number of hydrogen-bond donors (Lipinski definition) is 1. The predicted octanol–water partition coefficient (Wildman–Crippen LogP) is 3.54. The Morgan fingerprint density at radius 1 is 1.22 bits per heavy atom. The van der Waals surface area contributed by atoms with Crippen molar-refractivity contribution in [3.8, 4) is 5.75 Å². The molecule has 2 aromatic carbocycles. The summed E-state index contributed by atoms with van der Waals surface area (Å²) in [5.74, 6) is -0.234. The van der Waals surface area contributed by atoms with Crippen LogP contribution >= 0.6 is 11.6 Å². The molecule has 0 aliphatic heterocycles. The molecule has 94 valence electrons. The van der Waals surface area contributed by atoms with Gasteiger partial charge in [-0.2, -0.15) is 0 Å². The van der Waals surface area contributed by atoms with Crippen LogP contribution in [-0.4, -0.2) is 7.11 Å². The molecule has 1 atom stereocenters. The average Bonchev–Trinajstić information content (AvgIpc) is 2.39. The lowest BCUT2D eigenvalue weighted by atomic mass is 9.99. The van der Waals surface area contributed by atoms with Crippen molar-refractivity contribution in [3.63, 3.8) is 0 Å². The smallest absolute Gasteiger partial charge is 0.165 e. The Kier molecular flexibility index (Phi) is 3.84. The summed E-state index contributed by atoms with van der Waals surface area (Å²) in [5.41, 5.74) is 7.68. The van der Waals surface area contributed by atoms with Gasteiger partial charge >= 0.3 is 0 Å². The quantitative estimate of drug-likeness (QED) is 0.921. The second kappa shape index (κ2) is 5.38. The Hall–Kier alpha value is -1.58. The molecule has 1 unspecified atom stereocenters. The van der Waals surface area contributed by atoms with E-state index >= 15 is 0 Å². The molecule has 2 rings (SSSR count). The lowest BCUT2D eigenvalue weighted by Crippen LogP contribution is -2.12. The molecule has 0 saturated heterocycles. The van der Waals surface area contributed by atoms with Crippen molar-refractivity contribution in [2.45, 2.75) is 6.04 Å². The van der Waals surface area contributed by atoms with E-state index in [0.717, 1.165) is 11.1 Å². The Labute approximate surface area is 110 Å². The Morgan fingerprint density at radius 3 is 2.61 bits per heavy atom. The molecule has 0 fully saturated rings. The van der Waals surface area contributed by atoms with E-state index in [0.29, 0.717) is 5.02 Å². The summed E-state index contributed by atoms with van der Waals surface area (Å²) in [6.07, 6.45) is 0. The summed E-state index contributed by atoms with van der Waals surface area (Å²) in [6.45, 7) is 0. The van der Waals surface area contributed by atoms with Gasteiger partial charge in [0.25, 0.3) is 0 Å². The number of nitrogens with two attached hydrogens (primary N) is 1. The molecule has 0 bridgehead atoms. The van der Waals surface area contributed by atoms with E-state index in [1.165, 1.54) is 13.2 Å². The maximum atomic E-state index is 13.3. The van der Waals surface area contributed by atoms with E-state index in [9.17, 15) is 4.39 Å². The predicted molar refractivity (Wildman–Crippen MR) is 70.4 cm³/mol. The van der Waals surface area contributed by atoms with Crippen molar-refractivity contribution in [3.05, 3.63) is 64.4 Å². The SMILES string of the molecule is COc1cc(C(N)c2ccccc2Cl)ccc1F. The third-order valence-corrected chi connectivity index (χ3v) is 3.12. The average molecular weight is 266 g/mol. The van der Waals surface area contributed by atoms with Crippen LogP contribution in [0.5, 0.6) is 5.75 Å². The Bertz CT molecular complexity index is 559. The van der Waals surface area contributed by atoms with Crippen LogP contribution in [0.4, 0.5) is 4.39 Å². The van der Waals surface area contributed by atoms with Gasteiger partial charge in [-0.15, -0.1) is 0 Å². The molecular formula is C14H13ClFNO. The highest BCUT2D eigenvalue weighted by molar-refractivity contribution is 6.31. The molecule has 0 spiro atoms. The molecule has 2 nitrogen and oxygen atoms in total. The first kappa shape index (κ1) is 12.9. The number of benzene rings is 2. The number of hydrogen-bond acceptors (Lipinski definition) is 2. The van der Waals surface area contributed by atoms with Crippen LogP contribution in [0.1, 0.15) is 17.2 Å². The van der Waals surface area contributed by atoms with Crippen molar-refractivity contribution < 1.29 is 9.13 Å². The zero-order valence-electron chi connectivity index (χ0n) is 9.86. The first-order valence-electron chi connectivity index (χ1n) is 5.47. The molecule has 0 saturated carbocycles. The van der Waals surface area contributed by atoms with E-state index in [-0.39, 0.29) is 5.75 Å². The summed E-state index contributed by atoms with van der Waals surface area (Å²) in [5, 5.41) is 0.591. The fourth-order valence-corrected chi connectivity index (χ4v) is 2.03. The highest BCUT2D eigenvalue weighted by Crippen LogP contribution is 2.29. The van der Waals surface area contributed by atoms with Crippen LogP contribution in [0.25, 0.3) is 0 Å². The van der Waals surface area contributed by atoms with Gasteiger partial charge in [-0.25, -0.2) is 4.39 Å². The van der Waals surface area contributed by atoms with Gasteiger partial charge in [0.05, 0.1) is 13.2 Å². The van der Waals surface area contributed by atoms with Gasteiger partial charge in [0, 0.05) is 5.02 Å². The zero-order valence-corrected chi connectivity index (χ0v) is 10.6. The second-order valence-corrected chi connectivity index (χ2v) is 4.30. The highest BCUT2D eigenvalue weighted by atomic mass is 35.5. The molecule has 0 aromatic heterocycles. The third-order valence-electron chi connectivity index (χ3n) is 2.77. The normalized spacial score (nSPS) is 12.2. The van der Waals surface area contributed by atoms with Crippen LogP contribution in [0.2, 0.25) is 5.02 Å². The van der Waals surface area contributed by atoms with E-state index in [1.54, 1.807) is 18.2 Å². The summed E-state index contributed by atoms with van der Waals surface area (Å²) in [7, 11) is 1.42. The van der Waals surface area contributed by atoms with Gasteiger partial charge in [-0.3, -0.25) is 0 Å². The van der Waals surface area contributed by atoms with Gasteiger partial charge in [0.1, 0.15) is 0 Å². The molecule has 0 aliphatic rings. The Morgan fingerprint density at radius 2 is 1.94 bits per heavy atom. The molecule has 0 radical (unpaired) electrons. The molecule has 0 aliphatic carbocycles. The lowest BCUT2D eigenvalue weighted by molar-refractivity contribution is 0.385. The van der Waals surface area contributed by atoms with Gasteiger partial charge < -0.3 is 10.5 Å². The molecular weight excluding hydrogens is 253 g/mol. The van der Waals surface area contributed by atoms with E-state index < -0.39 is 11.9 Å².